The van der Waals surface area contributed by atoms with E-state index in [1.54, 1.807) is 11.0 Å². The third kappa shape index (κ3) is 3.44. The Kier molecular flexibility index (Phi) is 5.01. The molecular formula is C15H16BrNO4. The summed E-state index contributed by atoms with van der Waals surface area (Å²) in [4.78, 5) is 25.2. The number of hydrogen-bond acceptors (Lipinski definition) is 4. The van der Waals surface area contributed by atoms with Crippen LogP contribution in [0.15, 0.2) is 33.2 Å². The Hall–Kier alpha value is -1.82. The van der Waals surface area contributed by atoms with Crippen LogP contribution in [-0.4, -0.2) is 37.0 Å². The molecule has 6 heteroatoms. The van der Waals surface area contributed by atoms with Crippen LogP contribution in [-0.2, 0) is 9.53 Å². The average Bonchev–Trinajstić information content (AvgIpc) is 2.93. The maximum Gasteiger partial charge on any atom is 0.307 e. The minimum Gasteiger partial charge on any atom is -0.469 e. The number of halogens is 1. The van der Waals surface area contributed by atoms with Gasteiger partial charge in [0, 0.05) is 18.5 Å². The van der Waals surface area contributed by atoms with Crippen LogP contribution < -0.4 is 0 Å². The first-order chi connectivity index (χ1) is 10.1. The summed E-state index contributed by atoms with van der Waals surface area (Å²) in [5.74, 6) is -0.304. The highest BCUT2D eigenvalue weighted by molar-refractivity contribution is 9.10. The highest BCUT2D eigenvalue weighted by atomic mass is 79.9. The number of ether oxygens (including phenoxy) is 1. The third-order valence-corrected chi connectivity index (χ3v) is 3.81. The number of methoxy groups -OCH3 is 1. The van der Waals surface area contributed by atoms with Crippen molar-refractivity contribution in [3.05, 3.63) is 34.5 Å². The van der Waals surface area contributed by atoms with Crippen LogP contribution in [0.4, 0.5) is 0 Å². The predicted molar refractivity (Wildman–Crippen MR) is 82.1 cm³/mol. The van der Waals surface area contributed by atoms with Gasteiger partial charge >= 0.3 is 5.97 Å². The lowest BCUT2D eigenvalue weighted by Gasteiger charge is -2.18. The Labute approximate surface area is 131 Å². The van der Waals surface area contributed by atoms with Crippen LogP contribution in [0.5, 0.6) is 0 Å². The number of nitrogens with zero attached hydrogens (tertiary/aromatic N) is 1. The number of carbonyl (C=O) groups excluding carboxylic acids is 2. The number of benzene rings is 1. The fourth-order valence-corrected chi connectivity index (χ4v) is 2.48. The summed E-state index contributed by atoms with van der Waals surface area (Å²) < 4.78 is 11.0. The molecule has 0 bridgehead atoms. The third-order valence-electron chi connectivity index (χ3n) is 3.19. The molecule has 0 saturated carbocycles. The Morgan fingerprint density at radius 1 is 1.38 bits per heavy atom. The SMILES string of the molecule is CCN(CCC(=O)OC)C(=O)c1cc2cccc(Br)c2o1. The zero-order valence-electron chi connectivity index (χ0n) is 11.9. The van der Waals surface area contributed by atoms with Crippen molar-refractivity contribution in [2.45, 2.75) is 13.3 Å². The highest BCUT2D eigenvalue weighted by Gasteiger charge is 2.20. The smallest absolute Gasteiger partial charge is 0.307 e. The summed E-state index contributed by atoms with van der Waals surface area (Å²) in [5.41, 5.74) is 0.643. The highest BCUT2D eigenvalue weighted by Crippen LogP contribution is 2.27. The minimum atomic E-state index is -0.339. The van der Waals surface area contributed by atoms with Crippen molar-refractivity contribution in [3.63, 3.8) is 0 Å². The first kappa shape index (κ1) is 15.6. The number of amides is 1. The van der Waals surface area contributed by atoms with Crippen LogP contribution >= 0.6 is 15.9 Å². The molecule has 0 aliphatic heterocycles. The number of carbonyl (C=O) groups is 2. The molecule has 2 aromatic rings. The van der Waals surface area contributed by atoms with Gasteiger partial charge in [0.1, 0.15) is 5.58 Å². The van der Waals surface area contributed by atoms with Gasteiger partial charge in [0.05, 0.1) is 18.0 Å². The topological polar surface area (TPSA) is 59.8 Å². The molecule has 0 saturated heterocycles. The summed E-state index contributed by atoms with van der Waals surface area (Å²) in [5, 5.41) is 0.858. The lowest BCUT2D eigenvalue weighted by atomic mass is 10.2. The molecule has 0 aliphatic rings. The van der Waals surface area contributed by atoms with Crippen molar-refractivity contribution >= 4 is 38.8 Å². The van der Waals surface area contributed by atoms with Gasteiger partial charge in [0.25, 0.3) is 5.91 Å². The molecule has 112 valence electrons. The van der Waals surface area contributed by atoms with Gasteiger partial charge in [-0.2, -0.15) is 0 Å². The first-order valence-electron chi connectivity index (χ1n) is 6.61. The standard InChI is InChI=1S/C15H16BrNO4/c1-3-17(8-7-13(18)20-2)15(19)12-9-10-5-4-6-11(16)14(10)21-12/h4-6,9H,3,7-8H2,1-2H3. The maximum atomic E-state index is 12.4. The Balaban J connectivity index is 2.19. The van der Waals surface area contributed by atoms with Crippen molar-refractivity contribution in [1.29, 1.82) is 0 Å². The summed E-state index contributed by atoms with van der Waals surface area (Å²) in [7, 11) is 1.33. The lowest BCUT2D eigenvalue weighted by Crippen LogP contribution is -2.32. The molecule has 2 rings (SSSR count). The fourth-order valence-electron chi connectivity index (χ4n) is 2.02. The van der Waals surface area contributed by atoms with Crippen molar-refractivity contribution in [2.24, 2.45) is 0 Å². The molecule has 21 heavy (non-hydrogen) atoms. The summed E-state index contributed by atoms with van der Waals surface area (Å²) in [6.07, 6.45) is 0.167. The van der Waals surface area contributed by atoms with E-state index in [2.05, 4.69) is 20.7 Å². The lowest BCUT2D eigenvalue weighted by molar-refractivity contribution is -0.140. The first-order valence-corrected chi connectivity index (χ1v) is 7.40. The second-order valence-corrected chi connectivity index (χ2v) is 5.33. The number of fused-ring (bicyclic) bond motifs is 1. The number of rotatable bonds is 5. The van der Waals surface area contributed by atoms with Crippen LogP contribution in [0.1, 0.15) is 23.9 Å². The van der Waals surface area contributed by atoms with E-state index in [1.165, 1.54) is 7.11 Å². The minimum absolute atomic E-state index is 0.167. The van der Waals surface area contributed by atoms with Crippen LogP contribution in [0.3, 0.4) is 0 Å². The second kappa shape index (κ2) is 6.76. The van der Waals surface area contributed by atoms with Gasteiger partial charge in [0.15, 0.2) is 5.76 Å². The van der Waals surface area contributed by atoms with E-state index in [1.807, 2.05) is 25.1 Å². The Morgan fingerprint density at radius 3 is 2.76 bits per heavy atom. The molecule has 1 amide bonds. The molecular weight excluding hydrogens is 338 g/mol. The number of para-hydroxylation sites is 1. The average molecular weight is 354 g/mol. The van der Waals surface area contributed by atoms with Crippen LogP contribution in [0.2, 0.25) is 0 Å². The number of furan rings is 1. The second-order valence-electron chi connectivity index (χ2n) is 4.48. The molecule has 1 aromatic carbocycles. The molecule has 5 nitrogen and oxygen atoms in total. The normalized spacial score (nSPS) is 10.6. The van der Waals surface area contributed by atoms with E-state index >= 15 is 0 Å². The fraction of sp³-hybridized carbons (Fsp3) is 0.333. The molecule has 0 aliphatic carbocycles. The van der Waals surface area contributed by atoms with Gasteiger partial charge in [-0.05, 0) is 35.0 Å². The van der Waals surface area contributed by atoms with Crippen molar-refractivity contribution < 1.29 is 18.7 Å². The monoisotopic (exact) mass is 353 g/mol. The van der Waals surface area contributed by atoms with Gasteiger partial charge in [-0.25, -0.2) is 0 Å². The molecule has 0 fully saturated rings. The number of esters is 1. The van der Waals surface area contributed by atoms with E-state index in [0.29, 0.717) is 18.7 Å². The van der Waals surface area contributed by atoms with E-state index < -0.39 is 0 Å². The molecule has 1 heterocycles. The zero-order valence-corrected chi connectivity index (χ0v) is 13.5. The molecule has 1 aromatic heterocycles. The van der Waals surface area contributed by atoms with E-state index in [0.717, 1.165) is 9.86 Å². The number of hydrogen-bond donors (Lipinski definition) is 0. The largest absolute Gasteiger partial charge is 0.469 e. The van der Waals surface area contributed by atoms with Gasteiger partial charge in [-0.15, -0.1) is 0 Å². The zero-order chi connectivity index (χ0) is 15.4. The van der Waals surface area contributed by atoms with Crippen LogP contribution in [0.25, 0.3) is 11.0 Å². The van der Waals surface area contributed by atoms with Gasteiger partial charge < -0.3 is 14.1 Å². The molecule has 0 N–H and O–H groups in total. The summed E-state index contributed by atoms with van der Waals surface area (Å²) in [6, 6.07) is 7.33. The maximum absolute atomic E-state index is 12.4. The predicted octanol–water partition coefficient (Wildman–Crippen LogP) is 3.22. The van der Waals surface area contributed by atoms with E-state index in [9.17, 15) is 9.59 Å². The van der Waals surface area contributed by atoms with Gasteiger partial charge in [-0.3, -0.25) is 9.59 Å². The van der Waals surface area contributed by atoms with Gasteiger partial charge in [0.2, 0.25) is 0 Å². The van der Waals surface area contributed by atoms with Crippen LogP contribution in [0, 0.1) is 0 Å². The summed E-state index contributed by atoms with van der Waals surface area (Å²) >= 11 is 3.39. The Bertz CT molecular complexity index is 665. The van der Waals surface area contributed by atoms with E-state index in [-0.39, 0.29) is 24.1 Å². The van der Waals surface area contributed by atoms with E-state index in [4.69, 9.17) is 4.42 Å². The molecule has 0 radical (unpaired) electrons. The molecule has 0 atom stereocenters. The summed E-state index contributed by atoms with van der Waals surface area (Å²) in [6.45, 7) is 2.65. The van der Waals surface area contributed by atoms with Crippen molar-refractivity contribution in [1.82, 2.24) is 4.90 Å². The van der Waals surface area contributed by atoms with Gasteiger partial charge in [-0.1, -0.05) is 12.1 Å². The van der Waals surface area contributed by atoms with Crippen molar-refractivity contribution in [3.8, 4) is 0 Å². The quantitative estimate of drug-likeness (QED) is 0.774. The Morgan fingerprint density at radius 2 is 2.14 bits per heavy atom. The molecule has 0 spiro atoms. The van der Waals surface area contributed by atoms with Crippen molar-refractivity contribution in [2.75, 3.05) is 20.2 Å². The molecule has 0 unspecified atom stereocenters.